The standard InChI is InChI=1S/C30H53N3O4/c1-4-6-8-10-14-25(20-24-15-12-13-23(3)19-24)21-27(29(36)37)33-30(31)32-18-17-26(22-34)28(35)16-11-9-7-5-2/h10,14,17,21,23-24,27-28,34-35H,4-9,11-13,15-16,18-20,22H2,1-3H3,(H,36,37)(H3,31,32,33)/b14-10?,25-21+,26-17+. The highest BCUT2D eigenvalue weighted by atomic mass is 16.4. The van der Waals surface area contributed by atoms with Crippen molar-refractivity contribution >= 4 is 11.9 Å². The molecule has 0 aromatic heterocycles. The van der Waals surface area contributed by atoms with E-state index in [-0.39, 0.29) is 19.1 Å². The van der Waals surface area contributed by atoms with E-state index < -0.39 is 18.1 Å². The molecule has 0 radical (unpaired) electrons. The summed E-state index contributed by atoms with van der Waals surface area (Å²) in [6.07, 6.45) is 20.7. The Kier molecular flexibility index (Phi) is 17.7. The van der Waals surface area contributed by atoms with Crippen molar-refractivity contribution in [2.45, 2.75) is 116 Å². The van der Waals surface area contributed by atoms with Gasteiger partial charge in [-0.05, 0) is 54.7 Å². The lowest BCUT2D eigenvalue weighted by atomic mass is 9.79. The molecule has 0 saturated heterocycles. The van der Waals surface area contributed by atoms with Crippen molar-refractivity contribution in [3.63, 3.8) is 0 Å². The average Bonchev–Trinajstić information content (AvgIpc) is 2.86. The van der Waals surface area contributed by atoms with Crippen molar-refractivity contribution in [1.29, 1.82) is 0 Å². The Balaban J connectivity index is 2.86. The Morgan fingerprint density at radius 1 is 1.16 bits per heavy atom. The predicted molar refractivity (Wildman–Crippen MR) is 153 cm³/mol. The number of carboxylic acids is 1. The number of rotatable bonds is 18. The van der Waals surface area contributed by atoms with E-state index in [2.05, 4.69) is 43.2 Å². The lowest BCUT2D eigenvalue weighted by Gasteiger charge is -2.27. The molecule has 7 heteroatoms. The van der Waals surface area contributed by atoms with Gasteiger partial charge < -0.3 is 26.4 Å². The van der Waals surface area contributed by atoms with Crippen LogP contribution in [0.2, 0.25) is 0 Å². The smallest absolute Gasteiger partial charge is 0.330 e. The van der Waals surface area contributed by atoms with Gasteiger partial charge in [0, 0.05) is 0 Å². The first-order chi connectivity index (χ1) is 17.8. The summed E-state index contributed by atoms with van der Waals surface area (Å²) in [5, 5.41) is 32.6. The van der Waals surface area contributed by atoms with Crippen LogP contribution in [0.1, 0.15) is 104 Å². The molecule has 1 aliphatic carbocycles. The molecule has 1 fully saturated rings. The molecule has 1 saturated carbocycles. The zero-order valence-electron chi connectivity index (χ0n) is 23.5. The Labute approximate surface area is 225 Å². The second-order valence-electron chi connectivity index (χ2n) is 10.6. The number of nitrogens with one attached hydrogen (secondary N) is 1. The summed E-state index contributed by atoms with van der Waals surface area (Å²) in [6, 6.07) is -0.985. The highest BCUT2D eigenvalue weighted by molar-refractivity contribution is 5.86. The molecule has 4 unspecified atom stereocenters. The molecule has 7 nitrogen and oxygen atoms in total. The minimum Gasteiger partial charge on any atom is -0.479 e. The third-order valence-electron chi connectivity index (χ3n) is 7.13. The number of aliphatic carboxylic acids is 1. The Hall–Kier alpha value is -2.12. The van der Waals surface area contributed by atoms with Gasteiger partial charge in [-0.15, -0.1) is 0 Å². The van der Waals surface area contributed by atoms with E-state index in [1.807, 2.05) is 0 Å². The van der Waals surface area contributed by atoms with E-state index in [9.17, 15) is 20.1 Å². The fourth-order valence-corrected chi connectivity index (χ4v) is 4.94. The Bertz CT molecular complexity index is 760. The lowest BCUT2D eigenvalue weighted by molar-refractivity contribution is -0.137. The molecular formula is C30H53N3O4. The average molecular weight is 520 g/mol. The molecule has 1 aliphatic rings. The minimum absolute atomic E-state index is 0.0234. The van der Waals surface area contributed by atoms with Crippen molar-refractivity contribution in [3.8, 4) is 0 Å². The maximum Gasteiger partial charge on any atom is 0.330 e. The number of aliphatic imine (C=N–C) groups is 1. The molecule has 0 aromatic rings. The van der Waals surface area contributed by atoms with Gasteiger partial charge in [-0.3, -0.25) is 0 Å². The van der Waals surface area contributed by atoms with Crippen LogP contribution in [0.25, 0.3) is 0 Å². The van der Waals surface area contributed by atoms with Crippen molar-refractivity contribution in [2.24, 2.45) is 22.6 Å². The Morgan fingerprint density at radius 3 is 2.57 bits per heavy atom. The van der Waals surface area contributed by atoms with E-state index in [0.717, 1.165) is 56.9 Å². The summed E-state index contributed by atoms with van der Waals surface area (Å²) < 4.78 is 0. The summed E-state index contributed by atoms with van der Waals surface area (Å²) >= 11 is 0. The highest BCUT2D eigenvalue weighted by Gasteiger charge is 2.21. The molecule has 0 heterocycles. The van der Waals surface area contributed by atoms with Gasteiger partial charge in [-0.25, -0.2) is 9.79 Å². The van der Waals surface area contributed by atoms with E-state index in [4.69, 9.17) is 5.73 Å². The second kappa shape index (κ2) is 19.9. The van der Waals surface area contributed by atoms with Crippen molar-refractivity contribution in [3.05, 3.63) is 35.5 Å². The van der Waals surface area contributed by atoms with Crippen LogP contribution >= 0.6 is 0 Å². The molecule has 0 spiro atoms. The molecule has 0 aromatic carbocycles. The second-order valence-corrected chi connectivity index (χ2v) is 10.6. The normalized spacial score (nSPS) is 21.3. The monoisotopic (exact) mass is 519 g/mol. The van der Waals surface area contributed by atoms with Crippen molar-refractivity contribution in [2.75, 3.05) is 13.2 Å². The summed E-state index contributed by atoms with van der Waals surface area (Å²) in [7, 11) is 0. The highest BCUT2D eigenvalue weighted by Crippen LogP contribution is 2.33. The zero-order chi connectivity index (χ0) is 27.5. The molecule has 1 rings (SSSR count). The van der Waals surface area contributed by atoms with E-state index >= 15 is 0 Å². The molecule has 4 atom stereocenters. The summed E-state index contributed by atoms with van der Waals surface area (Å²) in [5.41, 5.74) is 7.56. The fourth-order valence-electron chi connectivity index (χ4n) is 4.94. The van der Waals surface area contributed by atoms with Gasteiger partial charge in [-0.1, -0.05) is 96.8 Å². The number of unbranched alkanes of at least 4 members (excludes halogenated alkanes) is 5. The van der Waals surface area contributed by atoms with E-state index in [1.165, 1.54) is 25.7 Å². The lowest BCUT2D eigenvalue weighted by Crippen LogP contribution is -2.43. The number of aliphatic hydroxyl groups excluding tert-OH is 2. The third-order valence-corrected chi connectivity index (χ3v) is 7.13. The van der Waals surface area contributed by atoms with Crippen LogP contribution in [-0.4, -0.2) is 52.5 Å². The number of carbonyl (C=O) groups is 1. The number of guanidine groups is 1. The maximum atomic E-state index is 12.0. The third kappa shape index (κ3) is 15.0. The largest absolute Gasteiger partial charge is 0.479 e. The minimum atomic E-state index is -1.01. The fraction of sp³-hybridized carbons (Fsp3) is 0.733. The molecule has 212 valence electrons. The number of nitrogens with two attached hydrogens (primary N) is 1. The van der Waals surface area contributed by atoms with Gasteiger partial charge in [0.15, 0.2) is 5.96 Å². The van der Waals surface area contributed by atoms with Crippen molar-refractivity contribution < 1.29 is 20.1 Å². The quantitative estimate of drug-likeness (QED) is 0.0536. The van der Waals surface area contributed by atoms with Gasteiger partial charge >= 0.3 is 5.97 Å². The summed E-state index contributed by atoms with van der Waals surface area (Å²) in [6.45, 7) is 6.51. The number of allylic oxidation sites excluding steroid dienone is 3. The first-order valence-electron chi connectivity index (χ1n) is 14.4. The predicted octanol–water partition coefficient (Wildman–Crippen LogP) is 5.48. The number of hydrogen-bond donors (Lipinski definition) is 5. The van der Waals surface area contributed by atoms with E-state index in [1.54, 1.807) is 12.2 Å². The first kappa shape index (κ1) is 32.9. The molecule has 6 N–H and O–H groups in total. The maximum absolute atomic E-state index is 12.0. The van der Waals surface area contributed by atoms with Crippen LogP contribution in [0.5, 0.6) is 0 Å². The van der Waals surface area contributed by atoms with Crippen LogP contribution in [-0.2, 0) is 4.79 Å². The molecule has 0 amide bonds. The topological polar surface area (TPSA) is 128 Å². The summed E-state index contributed by atoms with van der Waals surface area (Å²) in [5.74, 6) is 0.299. The van der Waals surface area contributed by atoms with Gasteiger partial charge in [0.05, 0.1) is 19.3 Å². The van der Waals surface area contributed by atoms with Crippen LogP contribution in [0, 0.1) is 11.8 Å². The number of aliphatic hydroxyl groups is 2. The van der Waals surface area contributed by atoms with Gasteiger partial charge in [0.2, 0.25) is 0 Å². The van der Waals surface area contributed by atoms with Gasteiger partial charge in [0.25, 0.3) is 0 Å². The van der Waals surface area contributed by atoms with Crippen LogP contribution in [0.4, 0.5) is 0 Å². The first-order valence-corrected chi connectivity index (χ1v) is 14.4. The van der Waals surface area contributed by atoms with Crippen LogP contribution in [0.15, 0.2) is 40.4 Å². The SMILES string of the molecule is CCCCC=C/C(=C\C(NC(N)=NC/C=C(\CO)C(O)CCCCCC)C(=O)O)CC1CCCC(C)C1. The van der Waals surface area contributed by atoms with Gasteiger partial charge in [-0.2, -0.15) is 0 Å². The van der Waals surface area contributed by atoms with Crippen molar-refractivity contribution in [1.82, 2.24) is 5.32 Å². The number of hydrogen-bond acceptors (Lipinski definition) is 4. The van der Waals surface area contributed by atoms with Crippen LogP contribution in [0.3, 0.4) is 0 Å². The number of carboxylic acid groups (broad SMARTS) is 1. The Morgan fingerprint density at radius 2 is 1.92 bits per heavy atom. The molecule has 0 bridgehead atoms. The molecule has 0 aliphatic heterocycles. The zero-order valence-corrected chi connectivity index (χ0v) is 23.5. The van der Waals surface area contributed by atoms with Crippen LogP contribution < -0.4 is 11.1 Å². The molecular weight excluding hydrogens is 466 g/mol. The van der Waals surface area contributed by atoms with E-state index in [0.29, 0.717) is 23.8 Å². The number of nitrogens with zero attached hydrogens (tertiary/aromatic N) is 1. The summed E-state index contributed by atoms with van der Waals surface area (Å²) in [4.78, 5) is 16.3. The molecule has 37 heavy (non-hydrogen) atoms. The van der Waals surface area contributed by atoms with Gasteiger partial charge in [0.1, 0.15) is 6.04 Å².